The van der Waals surface area contributed by atoms with Gasteiger partial charge in [0.2, 0.25) is 0 Å². The van der Waals surface area contributed by atoms with Crippen LogP contribution in [0.1, 0.15) is 56.7 Å². The molecule has 0 bridgehead atoms. The van der Waals surface area contributed by atoms with E-state index in [-0.39, 0.29) is 17.1 Å². The van der Waals surface area contributed by atoms with Crippen molar-refractivity contribution in [2.24, 2.45) is 5.92 Å². The molecule has 0 radical (unpaired) electrons. The third kappa shape index (κ3) is 2.62. The summed E-state index contributed by atoms with van der Waals surface area (Å²) in [5.41, 5.74) is 2.54. The van der Waals surface area contributed by atoms with E-state index < -0.39 is 9.84 Å². The first kappa shape index (κ1) is 16.2. The zero-order chi connectivity index (χ0) is 17.7. The Morgan fingerprint density at radius 2 is 2.00 bits per heavy atom. The molecule has 2 atom stereocenters. The number of fused-ring (bicyclic) bond motifs is 3. The molecule has 26 heavy (non-hydrogen) atoms. The number of aromatic nitrogens is 5. The van der Waals surface area contributed by atoms with Crippen molar-refractivity contribution in [3.05, 3.63) is 24.3 Å². The summed E-state index contributed by atoms with van der Waals surface area (Å²) in [7, 11) is -2.96. The van der Waals surface area contributed by atoms with E-state index in [1.54, 1.807) is 6.20 Å². The molecule has 8 heteroatoms. The lowest BCUT2D eigenvalue weighted by Gasteiger charge is -2.15. The van der Waals surface area contributed by atoms with Crippen molar-refractivity contribution in [1.82, 2.24) is 24.6 Å². The molecule has 2 aliphatic carbocycles. The van der Waals surface area contributed by atoms with Gasteiger partial charge in [0.1, 0.15) is 5.82 Å². The maximum absolute atomic E-state index is 12.7. The number of sulfone groups is 1. The lowest BCUT2D eigenvalue weighted by Crippen LogP contribution is -2.24. The second kappa shape index (κ2) is 6.04. The molecule has 3 aromatic rings. The van der Waals surface area contributed by atoms with Gasteiger partial charge in [0, 0.05) is 12.1 Å². The van der Waals surface area contributed by atoms with Gasteiger partial charge in [0.15, 0.2) is 21.1 Å². The molecule has 0 spiro atoms. The highest BCUT2D eigenvalue weighted by atomic mass is 32.2. The lowest BCUT2D eigenvalue weighted by atomic mass is 10.1. The predicted molar refractivity (Wildman–Crippen MR) is 98.8 cm³/mol. The first-order valence-corrected chi connectivity index (χ1v) is 11.2. The van der Waals surface area contributed by atoms with Crippen molar-refractivity contribution < 1.29 is 8.42 Å². The maximum atomic E-state index is 12.7. The Bertz CT molecular complexity index is 1050. The van der Waals surface area contributed by atoms with Gasteiger partial charge in [0.25, 0.3) is 0 Å². The fourth-order valence-electron chi connectivity index (χ4n) is 4.84. The molecule has 2 aliphatic rings. The molecule has 3 aromatic heterocycles. The van der Waals surface area contributed by atoms with E-state index >= 15 is 0 Å². The molecule has 3 heterocycles. The number of nitrogens with zero attached hydrogens (tertiary/aromatic N) is 4. The average molecular weight is 373 g/mol. The largest absolute Gasteiger partial charge is 0.345 e. The monoisotopic (exact) mass is 373 g/mol. The molecule has 7 nitrogen and oxygen atoms in total. The van der Waals surface area contributed by atoms with Gasteiger partial charge in [-0.2, -0.15) is 0 Å². The molecule has 0 amide bonds. The predicted octanol–water partition coefficient (Wildman–Crippen LogP) is 2.85. The van der Waals surface area contributed by atoms with Crippen molar-refractivity contribution >= 4 is 26.6 Å². The van der Waals surface area contributed by atoms with Crippen molar-refractivity contribution in [2.75, 3.05) is 5.75 Å². The van der Waals surface area contributed by atoms with Crippen LogP contribution >= 0.6 is 0 Å². The van der Waals surface area contributed by atoms with Crippen molar-refractivity contribution in [3.8, 4) is 0 Å². The van der Waals surface area contributed by atoms with Crippen LogP contribution < -0.4 is 0 Å². The van der Waals surface area contributed by atoms with Gasteiger partial charge in [-0.25, -0.2) is 13.4 Å². The highest BCUT2D eigenvalue weighted by Gasteiger charge is 2.36. The summed E-state index contributed by atoms with van der Waals surface area (Å²) in [4.78, 5) is 7.48. The van der Waals surface area contributed by atoms with Crippen LogP contribution in [-0.2, 0) is 9.84 Å². The van der Waals surface area contributed by atoms with E-state index in [4.69, 9.17) is 0 Å². The highest BCUT2D eigenvalue weighted by Crippen LogP contribution is 2.40. The van der Waals surface area contributed by atoms with Gasteiger partial charge in [-0.15, -0.1) is 10.2 Å². The van der Waals surface area contributed by atoms with Gasteiger partial charge in [-0.3, -0.25) is 4.40 Å². The molecule has 0 unspecified atom stereocenters. The van der Waals surface area contributed by atoms with Crippen LogP contribution in [0.2, 0.25) is 0 Å². The van der Waals surface area contributed by atoms with Crippen LogP contribution in [-0.4, -0.2) is 44.0 Å². The zero-order valence-corrected chi connectivity index (χ0v) is 15.5. The minimum absolute atomic E-state index is 0.0963. The standard InChI is InChI=1S/C18H23N5O2S/c24-26(25,14-3-1-2-4-14)11-12-5-6-13(9-12)18-22-21-16-10-20-17-15(23(16)18)7-8-19-17/h7-8,10,12-14,19H,1-6,9,11H2/t12-,13+/m0/s1. The molecular weight excluding hydrogens is 350 g/mol. The summed E-state index contributed by atoms with van der Waals surface area (Å²) in [6.45, 7) is 0. The fraction of sp³-hybridized carbons (Fsp3) is 0.611. The molecule has 1 N–H and O–H groups in total. The number of hydrogen-bond donors (Lipinski definition) is 1. The Labute approximate surface area is 152 Å². The van der Waals surface area contributed by atoms with E-state index in [1.807, 2.05) is 12.3 Å². The Morgan fingerprint density at radius 1 is 1.15 bits per heavy atom. The molecular formula is C18H23N5O2S. The Kier molecular flexibility index (Phi) is 3.77. The third-order valence-electron chi connectivity index (χ3n) is 6.15. The minimum Gasteiger partial charge on any atom is -0.345 e. The molecule has 138 valence electrons. The molecule has 2 saturated carbocycles. The van der Waals surface area contributed by atoms with Crippen LogP contribution in [0.25, 0.3) is 16.8 Å². The summed E-state index contributed by atoms with van der Waals surface area (Å²) in [5, 5.41) is 8.60. The lowest BCUT2D eigenvalue weighted by molar-refractivity contribution is 0.539. The second-order valence-electron chi connectivity index (χ2n) is 7.83. The Balaban J connectivity index is 1.39. The number of nitrogens with one attached hydrogen (secondary N) is 1. The normalized spacial score (nSPS) is 24.9. The molecule has 2 fully saturated rings. The molecule has 0 aliphatic heterocycles. The summed E-state index contributed by atoms with van der Waals surface area (Å²) in [6, 6.07) is 1.99. The quantitative estimate of drug-likeness (QED) is 0.759. The minimum atomic E-state index is -2.96. The van der Waals surface area contributed by atoms with Crippen molar-refractivity contribution in [1.29, 1.82) is 0 Å². The SMILES string of the molecule is O=S(=O)(C[C@H]1CC[C@@H](c2nnc3cnc4[nH]ccc4n23)C1)C1CCCC1. The molecule has 5 rings (SSSR count). The summed E-state index contributed by atoms with van der Waals surface area (Å²) in [6.07, 6.45) is 10.2. The third-order valence-corrected chi connectivity index (χ3v) is 8.57. The summed E-state index contributed by atoms with van der Waals surface area (Å²) in [5.74, 6) is 1.77. The zero-order valence-electron chi connectivity index (χ0n) is 14.6. The number of H-pyrrole nitrogens is 1. The van der Waals surface area contributed by atoms with Gasteiger partial charge >= 0.3 is 0 Å². The Hall–Kier alpha value is -1.96. The average Bonchev–Trinajstić information content (AvgIpc) is 3.38. The van der Waals surface area contributed by atoms with Gasteiger partial charge < -0.3 is 4.98 Å². The maximum Gasteiger partial charge on any atom is 0.179 e. The number of rotatable bonds is 4. The van der Waals surface area contributed by atoms with Crippen LogP contribution in [0.15, 0.2) is 18.5 Å². The van der Waals surface area contributed by atoms with Crippen LogP contribution in [0, 0.1) is 5.92 Å². The van der Waals surface area contributed by atoms with E-state index in [2.05, 4.69) is 24.6 Å². The van der Waals surface area contributed by atoms with Crippen LogP contribution in [0.5, 0.6) is 0 Å². The first-order chi connectivity index (χ1) is 12.6. The summed E-state index contributed by atoms with van der Waals surface area (Å²) >= 11 is 0. The number of hydrogen-bond acceptors (Lipinski definition) is 5. The molecule has 0 aromatic carbocycles. The smallest absolute Gasteiger partial charge is 0.179 e. The van der Waals surface area contributed by atoms with Crippen LogP contribution in [0.3, 0.4) is 0 Å². The number of aromatic amines is 1. The van der Waals surface area contributed by atoms with Gasteiger partial charge in [-0.1, -0.05) is 12.8 Å². The second-order valence-corrected chi connectivity index (χ2v) is 10.2. The topological polar surface area (TPSA) is 93.0 Å². The first-order valence-electron chi connectivity index (χ1n) is 9.50. The van der Waals surface area contributed by atoms with E-state index in [1.165, 1.54) is 0 Å². The summed E-state index contributed by atoms with van der Waals surface area (Å²) < 4.78 is 27.4. The van der Waals surface area contributed by atoms with E-state index in [9.17, 15) is 8.42 Å². The Morgan fingerprint density at radius 3 is 2.85 bits per heavy atom. The fourth-order valence-corrected chi connectivity index (χ4v) is 7.12. The van der Waals surface area contributed by atoms with Crippen molar-refractivity contribution in [2.45, 2.75) is 56.1 Å². The molecule has 0 saturated heterocycles. The van der Waals surface area contributed by atoms with E-state index in [0.717, 1.165) is 67.6 Å². The van der Waals surface area contributed by atoms with Crippen molar-refractivity contribution in [3.63, 3.8) is 0 Å². The van der Waals surface area contributed by atoms with Gasteiger partial charge in [0.05, 0.1) is 22.7 Å². The van der Waals surface area contributed by atoms with Gasteiger partial charge in [-0.05, 0) is 44.1 Å². The van der Waals surface area contributed by atoms with E-state index in [0.29, 0.717) is 5.75 Å². The highest BCUT2D eigenvalue weighted by molar-refractivity contribution is 7.92. The van der Waals surface area contributed by atoms with Crippen LogP contribution in [0.4, 0.5) is 0 Å².